The maximum absolute atomic E-state index is 12.5. The van der Waals surface area contributed by atoms with Crippen molar-refractivity contribution in [2.45, 2.75) is 13.0 Å². The van der Waals surface area contributed by atoms with Crippen molar-refractivity contribution in [2.24, 2.45) is 0 Å². The number of nitrogens with one attached hydrogen (secondary N) is 2. The Morgan fingerprint density at radius 1 is 0.929 bits per heavy atom. The van der Waals surface area contributed by atoms with Gasteiger partial charge in [0.2, 0.25) is 0 Å². The van der Waals surface area contributed by atoms with E-state index in [2.05, 4.69) is 15.6 Å². The van der Waals surface area contributed by atoms with Gasteiger partial charge in [-0.15, -0.1) is 0 Å². The summed E-state index contributed by atoms with van der Waals surface area (Å²) in [7, 11) is 1.73. The molecular weight excluding hydrogens is 352 g/mol. The van der Waals surface area contributed by atoms with Crippen molar-refractivity contribution < 1.29 is 9.59 Å². The van der Waals surface area contributed by atoms with Crippen LogP contribution in [0.25, 0.3) is 0 Å². The molecule has 6 nitrogen and oxygen atoms in total. The first-order valence-electron chi connectivity index (χ1n) is 8.95. The highest BCUT2D eigenvalue weighted by molar-refractivity contribution is 6.04. The molecule has 2 aromatic carbocycles. The molecule has 0 unspecified atom stereocenters. The quantitative estimate of drug-likeness (QED) is 0.687. The van der Waals surface area contributed by atoms with Crippen molar-refractivity contribution in [2.75, 3.05) is 17.7 Å². The van der Waals surface area contributed by atoms with Crippen LogP contribution in [0.15, 0.2) is 79.1 Å². The number of hydrogen-bond donors (Lipinski definition) is 2. The highest BCUT2D eigenvalue weighted by atomic mass is 16.2. The number of carbonyl (C=O) groups is 2. The lowest BCUT2D eigenvalue weighted by atomic mass is 10.1. The first kappa shape index (κ1) is 19.1. The van der Waals surface area contributed by atoms with Crippen LogP contribution in [0.3, 0.4) is 0 Å². The topological polar surface area (TPSA) is 74.3 Å². The normalized spacial score (nSPS) is 11.4. The monoisotopic (exact) mass is 374 g/mol. The summed E-state index contributed by atoms with van der Waals surface area (Å²) in [5.41, 5.74) is 2.82. The van der Waals surface area contributed by atoms with Crippen molar-refractivity contribution in [1.29, 1.82) is 0 Å². The summed E-state index contributed by atoms with van der Waals surface area (Å²) in [6.07, 6.45) is 3.24. The Morgan fingerprint density at radius 3 is 2.39 bits per heavy atom. The number of nitrogens with zero attached hydrogens (tertiary/aromatic N) is 2. The van der Waals surface area contributed by atoms with Crippen molar-refractivity contribution in [3.8, 4) is 0 Å². The first-order chi connectivity index (χ1) is 13.5. The summed E-state index contributed by atoms with van der Waals surface area (Å²) in [5, 5.41) is 5.71. The number of carbonyl (C=O) groups excluding carboxylic acids is 2. The third kappa shape index (κ3) is 4.73. The lowest BCUT2D eigenvalue weighted by Gasteiger charge is -2.26. The summed E-state index contributed by atoms with van der Waals surface area (Å²) >= 11 is 0. The number of benzene rings is 2. The van der Waals surface area contributed by atoms with E-state index in [4.69, 9.17) is 0 Å². The molecule has 0 saturated carbocycles. The molecule has 6 heteroatoms. The molecule has 0 aliphatic rings. The minimum absolute atomic E-state index is 0.173. The van der Waals surface area contributed by atoms with Gasteiger partial charge in [-0.05, 0) is 48.9 Å². The molecule has 3 amide bonds. The fourth-order valence-corrected chi connectivity index (χ4v) is 2.72. The van der Waals surface area contributed by atoms with Crippen LogP contribution < -0.4 is 10.6 Å². The Kier molecular flexibility index (Phi) is 6.01. The van der Waals surface area contributed by atoms with Crippen LogP contribution in [0.4, 0.5) is 16.2 Å². The minimum Gasteiger partial charge on any atom is -0.322 e. The summed E-state index contributed by atoms with van der Waals surface area (Å²) in [6.45, 7) is 1.93. The number of anilines is 2. The summed E-state index contributed by atoms with van der Waals surface area (Å²) in [6, 6.07) is 19.6. The molecule has 0 bridgehead atoms. The lowest BCUT2D eigenvalue weighted by molar-refractivity contribution is 0.102. The van der Waals surface area contributed by atoms with E-state index in [1.54, 1.807) is 48.6 Å². The summed E-state index contributed by atoms with van der Waals surface area (Å²) in [4.78, 5) is 30.4. The maximum atomic E-state index is 12.5. The zero-order valence-electron chi connectivity index (χ0n) is 15.8. The summed E-state index contributed by atoms with van der Waals surface area (Å²) < 4.78 is 0. The van der Waals surface area contributed by atoms with E-state index in [0.29, 0.717) is 16.9 Å². The van der Waals surface area contributed by atoms with Gasteiger partial charge in [-0.2, -0.15) is 0 Å². The second kappa shape index (κ2) is 8.81. The first-order valence-corrected chi connectivity index (χ1v) is 8.95. The maximum Gasteiger partial charge on any atom is 0.322 e. The van der Waals surface area contributed by atoms with Crippen LogP contribution in [0.2, 0.25) is 0 Å². The number of hydrogen-bond acceptors (Lipinski definition) is 3. The van der Waals surface area contributed by atoms with Crippen molar-refractivity contribution in [3.63, 3.8) is 0 Å². The van der Waals surface area contributed by atoms with Crippen LogP contribution in [0.5, 0.6) is 0 Å². The molecule has 1 heterocycles. The Balaban J connectivity index is 1.68. The number of rotatable bonds is 5. The van der Waals surface area contributed by atoms with Crippen LogP contribution in [0.1, 0.15) is 28.9 Å². The molecule has 1 aromatic heterocycles. The number of amides is 3. The molecular formula is C22H22N4O2. The van der Waals surface area contributed by atoms with Gasteiger partial charge in [-0.1, -0.05) is 30.3 Å². The smallest absolute Gasteiger partial charge is 0.322 e. The molecule has 0 fully saturated rings. The Labute approximate surface area is 164 Å². The highest BCUT2D eigenvalue weighted by Gasteiger charge is 2.18. The van der Waals surface area contributed by atoms with Gasteiger partial charge in [-0.3, -0.25) is 9.78 Å². The van der Waals surface area contributed by atoms with Gasteiger partial charge in [0, 0.05) is 24.5 Å². The van der Waals surface area contributed by atoms with Gasteiger partial charge in [-0.25, -0.2) is 4.79 Å². The largest absolute Gasteiger partial charge is 0.322 e. The molecule has 0 saturated heterocycles. The molecule has 3 aromatic rings. The Morgan fingerprint density at radius 2 is 1.68 bits per heavy atom. The molecule has 2 N–H and O–H groups in total. The average molecular weight is 374 g/mol. The standard InChI is InChI=1S/C22H22N4O2/c1-16(26(2)22(28)25-20-12-7-13-23-15-20)18-10-6-11-19(14-18)24-21(27)17-8-4-3-5-9-17/h3-16H,1-2H3,(H,24,27)(H,25,28)/t16-/m0/s1. The fraction of sp³-hybridized carbons (Fsp3) is 0.136. The number of pyridine rings is 1. The number of aromatic nitrogens is 1. The third-order valence-electron chi connectivity index (χ3n) is 4.48. The van der Waals surface area contributed by atoms with Crippen LogP contribution in [-0.2, 0) is 0 Å². The zero-order valence-corrected chi connectivity index (χ0v) is 15.8. The molecule has 0 radical (unpaired) electrons. The van der Waals surface area contributed by atoms with E-state index in [0.717, 1.165) is 5.56 Å². The van der Waals surface area contributed by atoms with E-state index >= 15 is 0 Å². The van der Waals surface area contributed by atoms with Gasteiger partial charge in [0.05, 0.1) is 17.9 Å². The second-order valence-electron chi connectivity index (χ2n) is 6.40. The van der Waals surface area contributed by atoms with Gasteiger partial charge in [0.25, 0.3) is 5.91 Å². The minimum atomic E-state index is -0.237. The molecule has 28 heavy (non-hydrogen) atoms. The van der Waals surface area contributed by atoms with E-state index in [1.807, 2.05) is 49.4 Å². The summed E-state index contributed by atoms with van der Waals surface area (Å²) in [5.74, 6) is -0.173. The predicted molar refractivity (Wildman–Crippen MR) is 110 cm³/mol. The van der Waals surface area contributed by atoms with E-state index in [-0.39, 0.29) is 18.0 Å². The van der Waals surface area contributed by atoms with E-state index in [9.17, 15) is 9.59 Å². The van der Waals surface area contributed by atoms with Crippen LogP contribution >= 0.6 is 0 Å². The molecule has 0 aliphatic heterocycles. The molecule has 0 spiro atoms. The molecule has 1 atom stereocenters. The molecule has 3 rings (SSSR count). The fourth-order valence-electron chi connectivity index (χ4n) is 2.72. The van der Waals surface area contributed by atoms with Gasteiger partial charge in [0.15, 0.2) is 0 Å². The predicted octanol–water partition coefficient (Wildman–Crippen LogP) is 4.56. The second-order valence-corrected chi connectivity index (χ2v) is 6.40. The highest BCUT2D eigenvalue weighted by Crippen LogP contribution is 2.23. The Bertz CT molecular complexity index is 945. The van der Waals surface area contributed by atoms with Gasteiger partial charge in [0.1, 0.15) is 0 Å². The van der Waals surface area contributed by atoms with Crippen molar-refractivity contribution in [3.05, 3.63) is 90.3 Å². The average Bonchev–Trinajstić information content (AvgIpc) is 2.74. The van der Waals surface area contributed by atoms with Gasteiger partial charge >= 0.3 is 6.03 Å². The van der Waals surface area contributed by atoms with Crippen LogP contribution in [0, 0.1) is 0 Å². The SMILES string of the molecule is C[C@@H](c1cccc(NC(=O)c2ccccc2)c1)N(C)C(=O)Nc1cccnc1. The lowest BCUT2D eigenvalue weighted by Crippen LogP contribution is -2.33. The zero-order chi connectivity index (χ0) is 19.9. The van der Waals surface area contributed by atoms with Gasteiger partial charge < -0.3 is 15.5 Å². The third-order valence-corrected chi connectivity index (χ3v) is 4.48. The van der Waals surface area contributed by atoms with E-state index in [1.165, 1.54) is 0 Å². The van der Waals surface area contributed by atoms with Crippen molar-refractivity contribution >= 4 is 23.3 Å². The van der Waals surface area contributed by atoms with Crippen molar-refractivity contribution in [1.82, 2.24) is 9.88 Å². The van der Waals surface area contributed by atoms with E-state index < -0.39 is 0 Å². The molecule has 0 aliphatic carbocycles. The Hall–Kier alpha value is -3.67. The van der Waals surface area contributed by atoms with Crippen LogP contribution in [-0.4, -0.2) is 28.9 Å². The molecule has 142 valence electrons. The number of urea groups is 1.